The van der Waals surface area contributed by atoms with Gasteiger partial charge in [-0.05, 0) is 24.3 Å². The lowest BCUT2D eigenvalue weighted by molar-refractivity contribution is -0.133. The Morgan fingerprint density at radius 2 is 1.96 bits per heavy atom. The van der Waals surface area contributed by atoms with Gasteiger partial charge in [-0.3, -0.25) is 9.59 Å². The van der Waals surface area contributed by atoms with Crippen LogP contribution in [0.25, 0.3) is 0 Å². The number of carbonyl (C=O) groups excluding carboxylic acids is 2. The van der Waals surface area contributed by atoms with E-state index in [0.717, 1.165) is 6.42 Å². The maximum absolute atomic E-state index is 12.7. The van der Waals surface area contributed by atoms with E-state index in [9.17, 15) is 18.0 Å². The van der Waals surface area contributed by atoms with Crippen LogP contribution in [0.15, 0.2) is 17.0 Å². The maximum atomic E-state index is 12.7. The van der Waals surface area contributed by atoms with E-state index in [1.54, 1.807) is 4.90 Å². The monoisotopic (exact) mass is 414 g/mol. The van der Waals surface area contributed by atoms with Crippen molar-refractivity contribution in [3.05, 3.63) is 17.2 Å². The molecule has 2 atom stereocenters. The molecule has 9 heteroatoms. The van der Waals surface area contributed by atoms with E-state index in [1.165, 1.54) is 12.1 Å². The molecule has 1 aromatic carbocycles. The highest BCUT2D eigenvalue weighted by Crippen LogP contribution is 2.36. The molecule has 1 saturated heterocycles. The molecule has 0 bridgehead atoms. The van der Waals surface area contributed by atoms with Gasteiger partial charge in [-0.15, -0.1) is 0 Å². The average molecular weight is 415 g/mol. The number of sulfone groups is 1. The quantitative estimate of drug-likeness (QED) is 0.816. The van der Waals surface area contributed by atoms with Crippen LogP contribution < -0.4 is 10.1 Å². The van der Waals surface area contributed by atoms with Gasteiger partial charge in [-0.25, -0.2) is 8.42 Å². The van der Waals surface area contributed by atoms with Crippen LogP contribution in [0.4, 0.5) is 5.69 Å². The topological polar surface area (TPSA) is 92.8 Å². The minimum absolute atomic E-state index is 0.00721. The Labute approximate surface area is 163 Å². The zero-order valence-electron chi connectivity index (χ0n) is 15.3. The maximum Gasteiger partial charge on any atom is 0.262 e. The molecular formula is C18H23ClN2O5S. The molecule has 1 aromatic rings. The fourth-order valence-corrected chi connectivity index (χ4v) is 5.50. The van der Waals surface area contributed by atoms with Crippen LogP contribution in [-0.4, -0.2) is 50.6 Å². The zero-order valence-corrected chi connectivity index (χ0v) is 16.9. The van der Waals surface area contributed by atoms with Gasteiger partial charge in [0.15, 0.2) is 16.4 Å². The van der Waals surface area contributed by atoms with Gasteiger partial charge in [-0.1, -0.05) is 25.4 Å². The second-order valence-electron chi connectivity index (χ2n) is 7.43. The van der Waals surface area contributed by atoms with Crippen LogP contribution in [0.2, 0.25) is 5.02 Å². The number of fused-ring (bicyclic) bond motifs is 1. The van der Waals surface area contributed by atoms with E-state index >= 15 is 0 Å². The third-order valence-electron chi connectivity index (χ3n) is 4.81. The standard InChI is InChI=1S/C18H23ClN2O5S/c1-11-5-12(2)9-21(8-11)18(23)3-4-27(24,25)16-7-15-14(6-13(16)19)20-17(22)10-26-15/h6-7,11-12H,3-5,8-10H2,1-2H3,(H,20,22)/t11-,12-/m1/s1. The Morgan fingerprint density at radius 1 is 1.30 bits per heavy atom. The Kier molecular flexibility index (Phi) is 5.67. The summed E-state index contributed by atoms with van der Waals surface area (Å²) in [6.07, 6.45) is 0.982. The third kappa shape index (κ3) is 4.55. The molecule has 2 aliphatic rings. The molecule has 0 spiro atoms. The van der Waals surface area contributed by atoms with E-state index in [1.807, 2.05) is 0 Å². The molecule has 148 valence electrons. The molecule has 0 saturated carbocycles. The molecule has 0 unspecified atom stereocenters. The number of benzene rings is 1. The molecule has 0 aliphatic carbocycles. The molecule has 2 heterocycles. The lowest BCUT2D eigenvalue weighted by Crippen LogP contribution is -2.43. The second-order valence-corrected chi connectivity index (χ2v) is 9.91. The van der Waals surface area contributed by atoms with Crippen molar-refractivity contribution in [1.82, 2.24) is 4.90 Å². The van der Waals surface area contributed by atoms with E-state index in [4.69, 9.17) is 16.3 Å². The number of carbonyl (C=O) groups is 2. The largest absolute Gasteiger partial charge is 0.482 e. The summed E-state index contributed by atoms with van der Waals surface area (Å²) in [7, 11) is -3.77. The molecule has 7 nitrogen and oxygen atoms in total. The number of nitrogens with one attached hydrogen (secondary N) is 1. The fourth-order valence-electron chi connectivity index (χ4n) is 3.68. The lowest BCUT2D eigenvalue weighted by atomic mass is 9.92. The molecule has 2 aliphatic heterocycles. The number of hydrogen-bond acceptors (Lipinski definition) is 5. The number of likely N-dealkylation sites (tertiary alicyclic amines) is 1. The van der Waals surface area contributed by atoms with Gasteiger partial charge < -0.3 is 15.0 Å². The van der Waals surface area contributed by atoms with Gasteiger partial charge in [0.2, 0.25) is 5.91 Å². The number of ether oxygens (including phenoxy) is 1. The second kappa shape index (κ2) is 7.67. The predicted octanol–water partition coefficient (Wildman–Crippen LogP) is 2.34. The fraction of sp³-hybridized carbons (Fsp3) is 0.556. The van der Waals surface area contributed by atoms with Crippen LogP contribution >= 0.6 is 11.6 Å². The number of nitrogens with zero attached hydrogens (tertiary/aromatic N) is 1. The van der Waals surface area contributed by atoms with E-state index < -0.39 is 9.84 Å². The van der Waals surface area contributed by atoms with Gasteiger partial charge in [0, 0.05) is 25.6 Å². The number of hydrogen-bond donors (Lipinski definition) is 1. The summed E-state index contributed by atoms with van der Waals surface area (Å²) in [5, 5.41) is 2.57. The van der Waals surface area contributed by atoms with E-state index in [0.29, 0.717) is 30.6 Å². The van der Waals surface area contributed by atoms with Crippen molar-refractivity contribution in [3.63, 3.8) is 0 Å². The average Bonchev–Trinajstić information content (AvgIpc) is 2.58. The third-order valence-corrected chi connectivity index (χ3v) is 6.98. The van der Waals surface area contributed by atoms with Crippen LogP contribution in [0.5, 0.6) is 5.75 Å². The first kappa shape index (κ1) is 19.9. The summed E-state index contributed by atoms with van der Waals surface area (Å²) in [6, 6.07) is 2.67. The normalized spacial score (nSPS) is 22.6. The molecule has 0 aromatic heterocycles. The summed E-state index contributed by atoms with van der Waals surface area (Å²) in [4.78, 5) is 25.5. The Hall–Kier alpha value is -1.80. The molecular weight excluding hydrogens is 392 g/mol. The van der Waals surface area contributed by atoms with Gasteiger partial charge in [-0.2, -0.15) is 0 Å². The van der Waals surface area contributed by atoms with Crippen LogP contribution in [0.1, 0.15) is 26.7 Å². The lowest BCUT2D eigenvalue weighted by Gasteiger charge is -2.35. The first-order valence-electron chi connectivity index (χ1n) is 8.92. The van der Waals surface area contributed by atoms with Crippen LogP contribution in [-0.2, 0) is 19.4 Å². The summed E-state index contributed by atoms with van der Waals surface area (Å²) < 4.78 is 30.7. The SMILES string of the molecule is C[C@@H]1C[C@@H](C)CN(C(=O)CCS(=O)(=O)c2cc3c(cc2Cl)NC(=O)CO3)C1. The first-order valence-corrected chi connectivity index (χ1v) is 11.0. The van der Waals surface area contributed by atoms with Crippen molar-refractivity contribution in [3.8, 4) is 5.75 Å². The minimum Gasteiger partial charge on any atom is -0.482 e. The highest BCUT2D eigenvalue weighted by molar-refractivity contribution is 7.91. The number of rotatable bonds is 4. The van der Waals surface area contributed by atoms with Gasteiger partial charge >= 0.3 is 0 Å². The summed E-state index contributed by atoms with van der Waals surface area (Å²) >= 11 is 6.11. The molecule has 0 radical (unpaired) electrons. The molecule has 3 rings (SSSR count). The van der Waals surface area contributed by atoms with Crippen molar-refractivity contribution in [2.24, 2.45) is 11.8 Å². The number of piperidine rings is 1. The van der Waals surface area contributed by atoms with Crippen molar-refractivity contribution in [2.75, 3.05) is 30.8 Å². The van der Waals surface area contributed by atoms with E-state index in [2.05, 4.69) is 19.2 Å². The summed E-state index contributed by atoms with van der Waals surface area (Å²) in [5.74, 6) is 0.270. The predicted molar refractivity (Wildman–Crippen MR) is 102 cm³/mol. The Bertz CT molecular complexity index is 861. The zero-order chi connectivity index (χ0) is 19.8. The number of anilines is 1. The van der Waals surface area contributed by atoms with Gasteiger partial charge in [0.05, 0.1) is 21.4 Å². The summed E-state index contributed by atoms with van der Waals surface area (Å²) in [5.41, 5.74) is 0.336. The highest BCUT2D eigenvalue weighted by Gasteiger charge is 2.28. The van der Waals surface area contributed by atoms with Crippen LogP contribution in [0, 0.1) is 11.8 Å². The van der Waals surface area contributed by atoms with Crippen LogP contribution in [0.3, 0.4) is 0 Å². The van der Waals surface area contributed by atoms with E-state index in [-0.39, 0.29) is 46.3 Å². The Balaban J connectivity index is 1.72. The first-order chi connectivity index (χ1) is 12.7. The molecule has 1 fully saturated rings. The van der Waals surface area contributed by atoms with Crippen molar-refractivity contribution >= 4 is 38.9 Å². The highest BCUT2D eigenvalue weighted by atomic mass is 35.5. The van der Waals surface area contributed by atoms with Crippen molar-refractivity contribution in [1.29, 1.82) is 0 Å². The van der Waals surface area contributed by atoms with Gasteiger partial charge in [0.1, 0.15) is 5.75 Å². The number of halogens is 1. The van der Waals surface area contributed by atoms with Crippen molar-refractivity contribution in [2.45, 2.75) is 31.6 Å². The minimum atomic E-state index is -3.77. The molecule has 27 heavy (non-hydrogen) atoms. The Morgan fingerprint density at radius 3 is 2.63 bits per heavy atom. The smallest absolute Gasteiger partial charge is 0.262 e. The van der Waals surface area contributed by atoms with Crippen molar-refractivity contribution < 1.29 is 22.7 Å². The number of amides is 2. The summed E-state index contributed by atoms with van der Waals surface area (Å²) in [6.45, 7) is 5.33. The molecule has 2 amide bonds. The molecule has 1 N–H and O–H groups in total. The van der Waals surface area contributed by atoms with Gasteiger partial charge in [0.25, 0.3) is 5.91 Å².